The van der Waals surface area contributed by atoms with Crippen LogP contribution in [0.5, 0.6) is 0 Å². The Balaban J connectivity index is 1.33. The Labute approximate surface area is 159 Å². The number of ether oxygens (including phenoxy) is 1. The molecule has 2 aliphatic heterocycles. The van der Waals surface area contributed by atoms with Crippen LogP contribution in [0.4, 0.5) is 11.8 Å². The normalized spacial score (nSPS) is 19.1. The number of nitrogens with zero attached hydrogens (tertiary/aromatic N) is 7. The Morgan fingerprint density at radius 1 is 1.00 bits per heavy atom. The van der Waals surface area contributed by atoms with E-state index in [-0.39, 0.29) is 5.92 Å². The summed E-state index contributed by atoms with van der Waals surface area (Å²) in [5, 5.41) is 4.04. The molecule has 0 spiro atoms. The fourth-order valence-electron chi connectivity index (χ4n) is 3.32. The average Bonchev–Trinajstić information content (AvgIpc) is 3.18. The van der Waals surface area contributed by atoms with Crippen molar-refractivity contribution in [3.63, 3.8) is 0 Å². The summed E-state index contributed by atoms with van der Waals surface area (Å²) in [6.07, 6.45) is 1.85. The van der Waals surface area contributed by atoms with Gasteiger partial charge in [-0.3, -0.25) is 4.90 Å². The largest absolute Gasteiger partial charge is 0.378 e. The molecule has 0 amide bonds. The standard InChI is InChI=1S/C18H27N7O2/c1-14(2)17-21-16(27-22-17)13-23-5-7-25(8-6-23)18-19-4-3-15(20-18)24-9-11-26-12-10-24/h3-4,14H,5-13H2,1-2H3. The van der Waals surface area contributed by atoms with Gasteiger partial charge >= 0.3 is 0 Å². The van der Waals surface area contributed by atoms with Gasteiger partial charge in [0.1, 0.15) is 5.82 Å². The third kappa shape index (κ3) is 4.36. The second kappa shape index (κ2) is 8.18. The van der Waals surface area contributed by atoms with E-state index in [0.717, 1.165) is 70.1 Å². The molecule has 4 rings (SSSR count). The van der Waals surface area contributed by atoms with E-state index in [1.165, 1.54) is 0 Å². The Bertz CT molecular complexity index is 737. The molecule has 0 radical (unpaired) electrons. The number of morpholine rings is 1. The maximum atomic E-state index is 5.42. The first kappa shape index (κ1) is 18.1. The average molecular weight is 373 g/mol. The summed E-state index contributed by atoms with van der Waals surface area (Å²) >= 11 is 0. The molecular formula is C18H27N7O2. The summed E-state index contributed by atoms with van der Waals surface area (Å²) in [6, 6.07) is 1.98. The van der Waals surface area contributed by atoms with Gasteiger partial charge in [0, 0.05) is 51.4 Å². The first-order valence-electron chi connectivity index (χ1n) is 9.64. The van der Waals surface area contributed by atoms with E-state index in [1.54, 1.807) is 0 Å². The lowest BCUT2D eigenvalue weighted by Crippen LogP contribution is -2.46. The SMILES string of the molecule is CC(C)c1noc(CN2CCN(c3nccc(N4CCOCC4)n3)CC2)n1. The monoisotopic (exact) mass is 373 g/mol. The topological polar surface area (TPSA) is 83.7 Å². The molecule has 9 heteroatoms. The molecule has 4 heterocycles. The van der Waals surface area contributed by atoms with Crippen molar-refractivity contribution in [2.45, 2.75) is 26.3 Å². The van der Waals surface area contributed by atoms with E-state index in [9.17, 15) is 0 Å². The molecular weight excluding hydrogens is 346 g/mol. The Morgan fingerprint density at radius 3 is 2.48 bits per heavy atom. The fourth-order valence-corrected chi connectivity index (χ4v) is 3.32. The van der Waals surface area contributed by atoms with E-state index in [1.807, 2.05) is 12.3 Å². The number of aromatic nitrogens is 4. The number of hydrogen-bond donors (Lipinski definition) is 0. The molecule has 2 aliphatic rings. The van der Waals surface area contributed by atoms with Crippen molar-refractivity contribution < 1.29 is 9.26 Å². The van der Waals surface area contributed by atoms with E-state index in [4.69, 9.17) is 14.2 Å². The van der Waals surface area contributed by atoms with Crippen molar-refractivity contribution in [3.05, 3.63) is 24.0 Å². The first-order chi connectivity index (χ1) is 13.2. The van der Waals surface area contributed by atoms with E-state index >= 15 is 0 Å². The first-order valence-corrected chi connectivity index (χ1v) is 9.64. The van der Waals surface area contributed by atoms with Crippen LogP contribution in [0.25, 0.3) is 0 Å². The van der Waals surface area contributed by atoms with Gasteiger partial charge in [-0.25, -0.2) is 4.98 Å². The van der Waals surface area contributed by atoms with Crippen LogP contribution < -0.4 is 9.80 Å². The van der Waals surface area contributed by atoms with Crippen LogP contribution in [-0.2, 0) is 11.3 Å². The highest BCUT2D eigenvalue weighted by molar-refractivity contribution is 5.44. The fraction of sp³-hybridized carbons (Fsp3) is 0.667. The molecule has 27 heavy (non-hydrogen) atoms. The van der Waals surface area contributed by atoms with Crippen molar-refractivity contribution in [2.75, 3.05) is 62.3 Å². The molecule has 2 aromatic heterocycles. The molecule has 2 saturated heterocycles. The molecule has 146 valence electrons. The predicted molar refractivity (Wildman–Crippen MR) is 101 cm³/mol. The van der Waals surface area contributed by atoms with Crippen LogP contribution in [0.15, 0.2) is 16.8 Å². The molecule has 0 saturated carbocycles. The van der Waals surface area contributed by atoms with E-state index < -0.39 is 0 Å². The van der Waals surface area contributed by atoms with Crippen molar-refractivity contribution in [2.24, 2.45) is 0 Å². The lowest BCUT2D eigenvalue weighted by Gasteiger charge is -2.34. The molecule has 0 atom stereocenters. The second-order valence-electron chi connectivity index (χ2n) is 7.28. The van der Waals surface area contributed by atoms with Crippen LogP contribution >= 0.6 is 0 Å². The van der Waals surface area contributed by atoms with Crippen molar-refractivity contribution >= 4 is 11.8 Å². The van der Waals surface area contributed by atoms with Crippen molar-refractivity contribution in [3.8, 4) is 0 Å². The Hall–Kier alpha value is -2.26. The molecule has 0 N–H and O–H groups in total. The Kier molecular flexibility index (Phi) is 5.49. The van der Waals surface area contributed by atoms with Gasteiger partial charge in [-0.15, -0.1) is 0 Å². The lowest BCUT2D eigenvalue weighted by molar-refractivity contribution is 0.122. The highest BCUT2D eigenvalue weighted by atomic mass is 16.5. The van der Waals surface area contributed by atoms with Crippen LogP contribution in [0, 0.1) is 0 Å². The number of piperazine rings is 1. The van der Waals surface area contributed by atoms with Crippen LogP contribution in [-0.4, -0.2) is 77.5 Å². The molecule has 0 aromatic carbocycles. The summed E-state index contributed by atoms with van der Waals surface area (Å²) in [5.74, 6) is 3.54. The molecule has 2 aromatic rings. The summed E-state index contributed by atoms with van der Waals surface area (Å²) in [6.45, 7) is 11.7. The zero-order valence-electron chi connectivity index (χ0n) is 16.0. The third-order valence-corrected chi connectivity index (χ3v) is 4.98. The van der Waals surface area contributed by atoms with Crippen molar-refractivity contribution in [1.29, 1.82) is 0 Å². The van der Waals surface area contributed by atoms with Gasteiger partial charge in [0.25, 0.3) is 0 Å². The summed E-state index contributed by atoms with van der Waals surface area (Å²) < 4.78 is 10.8. The zero-order chi connectivity index (χ0) is 18.6. The zero-order valence-corrected chi connectivity index (χ0v) is 16.0. The predicted octanol–water partition coefficient (Wildman–Crippen LogP) is 1.14. The summed E-state index contributed by atoms with van der Waals surface area (Å²) in [5.41, 5.74) is 0. The van der Waals surface area contributed by atoms with Crippen LogP contribution in [0.1, 0.15) is 31.5 Å². The highest BCUT2D eigenvalue weighted by Crippen LogP contribution is 2.18. The molecule has 0 unspecified atom stereocenters. The van der Waals surface area contributed by atoms with Crippen molar-refractivity contribution in [1.82, 2.24) is 25.0 Å². The van der Waals surface area contributed by atoms with Gasteiger partial charge in [0.2, 0.25) is 11.8 Å². The molecule has 0 bridgehead atoms. The van der Waals surface area contributed by atoms with E-state index in [2.05, 4.69) is 43.7 Å². The summed E-state index contributed by atoms with van der Waals surface area (Å²) in [4.78, 5) is 20.6. The van der Waals surface area contributed by atoms with Gasteiger partial charge in [-0.1, -0.05) is 19.0 Å². The molecule has 2 fully saturated rings. The van der Waals surface area contributed by atoms with Crippen LogP contribution in [0.3, 0.4) is 0 Å². The molecule has 9 nitrogen and oxygen atoms in total. The minimum Gasteiger partial charge on any atom is -0.378 e. The van der Waals surface area contributed by atoms with Gasteiger partial charge in [-0.05, 0) is 6.07 Å². The minimum absolute atomic E-state index is 0.287. The van der Waals surface area contributed by atoms with E-state index in [0.29, 0.717) is 12.4 Å². The quantitative estimate of drug-likeness (QED) is 0.766. The maximum Gasteiger partial charge on any atom is 0.240 e. The number of hydrogen-bond acceptors (Lipinski definition) is 9. The molecule has 0 aliphatic carbocycles. The minimum atomic E-state index is 0.287. The highest BCUT2D eigenvalue weighted by Gasteiger charge is 2.22. The second-order valence-corrected chi connectivity index (χ2v) is 7.28. The number of rotatable bonds is 5. The number of anilines is 2. The lowest BCUT2D eigenvalue weighted by atomic mass is 10.2. The third-order valence-electron chi connectivity index (χ3n) is 4.98. The van der Waals surface area contributed by atoms with Gasteiger partial charge in [-0.2, -0.15) is 9.97 Å². The maximum absolute atomic E-state index is 5.42. The van der Waals surface area contributed by atoms with Crippen LogP contribution in [0.2, 0.25) is 0 Å². The smallest absolute Gasteiger partial charge is 0.240 e. The van der Waals surface area contributed by atoms with Gasteiger partial charge < -0.3 is 19.1 Å². The van der Waals surface area contributed by atoms with Gasteiger partial charge in [0.15, 0.2) is 5.82 Å². The van der Waals surface area contributed by atoms with Gasteiger partial charge in [0.05, 0.1) is 19.8 Å². The summed E-state index contributed by atoms with van der Waals surface area (Å²) in [7, 11) is 0. The Morgan fingerprint density at radius 2 is 1.78 bits per heavy atom.